The Morgan fingerprint density at radius 1 is 1.33 bits per heavy atom. The van der Waals surface area contributed by atoms with E-state index in [-0.39, 0.29) is 0 Å². The third kappa shape index (κ3) is 1.80. The minimum absolute atomic E-state index is 0.866. The van der Waals surface area contributed by atoms with Crippen molar-refractivity contribution in [2.75, 3.05) is 23.7 Å². The molecule has 4 nitrogen and oxygen atoms in total. The molecular formula is C11H20N4. The van der Waals surface area contributed by atoms with Crippen LogP contribution in [0.3, 0.4) is 0 Å². The lowest BCUT2D eigenvalue weighted by atomic mass is 10.3. The van der Waals surface area contributed by atoms with Gasteiger partial charge in [0.15, 0.2) is 5.82 Å². The van der Waals surface area contributed by atoms with Gasteiger partial charge in [0.1, 0.15) is 0 Å². The first-order valence-electron chi connectivity index (χ1n) is 5.82. The predicted molar refractivity (Wildman–Crippen MR) is 63.1 cm³/mol. The molecule has 15 heavy (non-hydrogen) atoms. The molecule has 0 spiro atoms. The van der Waals surface area contributed by atoms with Gasteiger partial charge in [-0.2, -0.15) is 5.10 Å². The Bertz CT molecular complexity index is 337. The van der Waals surface area contributed by atoms with E-state index in [0.29, 0.717) is 0 Å². The van der Waals surface area contributed by atoms with Gasteiger partial charge in [0, 0.05) is 19.6 Å². The van der Waals surface area contributed by atoms with Crippen molar-refractivity contribution in [2.45, 2.75) is 39.7 Å². The average Bonchev–Trinajstić information content (AvgIpc) is 2.78. The van der Waals surface area contributed by atoms with Crippen molar-refractivity contribution in [1.82, 2.24) is 9.78 Å². The van der Waals surface area contributed by atoms with Crippen LogP contribution in [0.15, 0.2) is 0 Å². The lowest BCUT2D eigenvalue weighted by Crippen LogP contribution is -2.22. The van der Waals surface area contributed by atoms with Gasteiger partial charge >= 0.3 is 0 Å². The van der Waals surface area contributed by atoms with Gasteiger partial charge in [-0.3, -0.25) is 0 Å². The lowest BCUT2D eigenvalue weighted by molar-refractivity contribution is 0.592. The lowest BCUT2D eigenvalue weighted by Gasteiger charge is -2.19. The normalized spacial score (nSPS) is 16.3. The largest absolute Gasteiger partial charge is 0.394 e. The standard InChI is InChI=1S/C11H20N4/c1-3-6-15-11(10(12)9(2)13-15)14-7-4-5-8-14/h3-8,12H2,1-2H3. The van der Waals surface area contributed by atoms with Gasteiger partial charge in [-0.1, -0.05) is 6.92 Å². The van der Waals surface area contributed by atoms with Crippen LogP contribution in [-0.2, 0) is 6.54 Å². The van der Waals surface area contributed by atoms with Crippen molar-refractivity contribution in [2.24, 2.45) is 0 Å². The van der Waals surface area contributed by atoms with Crippen LogP contribution in [0.4, 0.5) is 11.5 Å². The molecule has 0 saturated carbocycles. The molecule has 1 aromatic heterocycles. The van der Waals surface area contributed by atoms with Gasteiger partial charge in [0.05, 0.1) is 11.4 Å². The van der Waals surface area contributed by atoms with Gasteiger partial charge in [0.2, 0.25) is 0 Å². The number of aromatic nitrogens is 2. The summed E-state index contributed by atoms with van der Waals surface area (Å²) in [5.74, 6) is 1.15. The quantitative estimate of drug-likeness (QED) is 0.823. The molecule has 2 rings (SSSR count). The highest BCUT2D eigenvalue weighted by atomic mass is 15.4. The van der Waals surface area contributed by atoms with E-state index in [1.165, 1.54) is 12.8 Å². The van der Waals surface area contributed by atoms with Crippen LogP contribution in [0.5, 0.6) is 0 Å². The molecule has 2 heterocycles. The van der Waals surface area contributed by atoms with E-state index in [1.807, 2.05) is 6.92 Å². The van der Waals surface area contributed by atoms with Crippen molar-refractivity contribution in [1.29, 1.82) is 0 Å². The molecule has 84 valence electrons. The molecule has 1 aromatic rings. The van der Waals surface area contributed by atoms with Crippen molar-refractivity contribution in [3.8, 4) is 0 Å². The molecule has 2 N–H and O–H groups in total. The summed E-state index contributed by atoms with van der Waals surface area (Å²) in [6, 6.07) is 0. The minimum Gasteiger partial charge on any atom is -0.394 e. The van der Waals surface area contributed by atoms with Crippen molar-refractivity contribution < 1.29 is 0 Å². The van der Waals surface area contributed by atoms with Crippen LogP contribution >= 0.6 is 0 Å². The number of anilines is 2. The van der Waals surface area contributed by atoms with E-state index in [2.05, 4.69) is 21.6 Å². The summed E-state index contributed by atoms with van der Waals surface area (Å²) in [5.41, 5.74) is 7.92. The number of nitrogens with zero attached hydrogens (tertiary/aromatic N) is 3. The zero-order valence-corrected chi connectivity index (χ0v) is 9.66. The van der Waals surface area contributed by atoms with E-state index in [1.54, 1.807) is 0 Å². The first kappa shape index (κ1) is 10.3. The summed E-state index contributed by atoms with van der Waals surface area (Å²) < 4.78 is 2.07. The number of aryl methyl sites for hydroxylation is 2. The topological polar surface area (TPSA) is 47.1 Å². The Kier molecular flexibility index (Phi) is 2.84. The second kappa shape index (κ2) is 4.13. The van der Waals surface area contributed by atoms with Crippen LogP contribution in [0, 0.1) is 6.92 Å². The molecule has 0 aromatic carbocycles. The van der Waals surface area contributed by atoms with Gasteiger partial charge < -0.3 is 10.6 Å². The maximum absolute atomic E-state index is 6.09. The maximum atomic E-state index is 6.09. The highest BCUT2D eigenvalue weighted by Crippen LogP contribution is 2.29. The number of rotatable bonds is 3. The van der Waals surface area contributed by atoms with Crippen molar-refractivity contribution in [3.05, 3.63) is 5.69 Å². The fourth-order valence-corrected chi connectivity index (χ4v) is 2.21. The molecule has 1 aliphatic rings. The van der Waals surface area contributed by atoms with E-state index in [4.69, 9.17) is 5.73 Å². The molecule has 0 atom stereocenters. The van der Waals surface area contributed by atoms with E-state index in [9.17, 15) is 0 Å². The molecule has 4 heteroatoms. The highest BCUT2D eigenvalue weighted by Gasteiger charge is 2.21. The molecule has 0 aliphatic carbocycles. The summed E-state index contributed by atoms with van der Waals surface area (Å²) in [7, 11) is 0. The predicted octanol–water partition coefficient (Wildman–Crippen LogP) is 1.78. The van der Waals surface area contributed by atoms with E-state index in [0.717, 1.165) is 43.3 Å². The molecule has 1 fully saturated rings. The van der Waals surface area contributed by atoms with Gasteiger partial charge in [-0.25, -0.2) is 4.68 Å². The molecule has 1 aliphatic heterocycles. The zero-order valence-electron chi connectivity index (χ0n) is 9.66. The number of hydrogen-bond donors (Lipinski definition) is 1. The molecule has 1 saturated heterocycles. The first-order valence-corrected chi connectivity index (χ1v) is 5.82. The molecule has 0 radical (unpaired) electrons. The summed E-state index contributed by atoms with van der Waals surface area (Å²) in [6.07, 6.45) is 3.65. The SMILES string of the molecule is CCCn1nc(C)c(N)c1N1CCCC1. The summed E-state index contributed by atoms with van der Waals surface area (Å²) >= 11 is 0. The number of hydrogen-bond acceptors (Lipinski definition) is 3. The Morgan fingerprint density at radius 2 is 2.00 bits per heavy atom. The molecule has 0 unspecified atom stereocenters. The van der Waals surface area contributed by atoms with Crippen LogP contribution in [0.25, 0.3) is 0 Å². The van der Waals surface area contributed by atoms with E-state index < -0.39 is 0 Å². The Labute approximate surface area is 91.1 Å². The third-order valence-electron chi connectivity index (χ3n) is 2.99. The molecule has 0 bridgehead atoms. The Balaban J connectivity index is 2.33. The van der Waals surface area contributed by atoms with Crippen molar-refractivity contribution in [3.63, 3.8) is 0 Å². The van der Waals surface area contributed by atoms with E-state index >= 15 is 0 Å². The Hall–Kier alpha value is -1.19. The second-order valence-electron chi connectivity index (χ2n) is 4.24. The van der Waals surface area contributed by atoms with Gasteiger partial charge in [-0.05, 0) is 26.2 Å². The summed E-state index contributed by atoms with van der Waals surface area (Å²) in [4.78, 5) is 2.37. The Morgan fingerprint density at radius 3 is 2.60 bits per heavy atom. The zero-order chi connectivity index (χ0) is 10.8. The summed E-state index contributed by atoms with van der Waals surface area (Å²) in [5, 5.41) is 4.49. The first-order chi connectivity index (χ1) is 7.24. The van der Waals surface area contributed by atoms with Gasteiger partial charge in [-0.15, -0.1) is 0 Å². The molecular weight excluding hydrogens is 188 g/mol. The van der Waals surface area contributed by atoms with Crippen molar-refractivity contribution >= 4 is 11.5 Å². The van der Waals surface area contributed by atoms with Crippen LogP contribution < -0.4 is 10.6 Å². The number of nitrogens with two attached hydrogens (primary N) is 1. The van der Waals surface area contributed by atoms with Crippen LogP contribution in [-0.4, -0.2) is 22.9 Å². The fraction of sp³-hybridized carbons (Fsp3) is 0.727. The number of nitrogen functional groups attached to an aromatic ring is 1. The third-order valence-corrected chi connectivity index (χ3v) is 2.99. The maximum Gasteiger partial charge on any atom is 0.150 e. The minimum atomic E-state index is 0.866. The summed E-state index contributed by atoms with van der Waals surface area (Å²) in [6.45, 7) is 7.37. The second-order valence-corrected chi connectivity index (χ2v) is 4.24. The highest BCUT2D eigenvalue weighted by molar-refractivity contribution is 5.66. The molecule has 0 amide bonds. The van der Waals surface area contributed by atoms with Gasteiger partial charge in [0.25, 0.3) is 0 Å². The monoisotopic (exact) mass is 208 g/mol. The smallest absolute Gasteiger partial charge is 0.150 e. The average molecular weight is 208 g/mol. The van der Waals surface area contributed by atoms with Crippen LogP contribution in [0.1, 0.15) is 31.9 Å². The van der Waals surface area contributed by atoms with Crippen LogP contribution in [0.2, 0.25) is 0 Å². The fourth-order valence-electron chi connectivity index (χ4n) is 2.21.